The van der Waals surface area contributed by atoms with Gasteiger partial charge in [-0.3, -0.25) is 0 Å². The van der Waals surface area contributed by atoms with Gasteiger partial charge in [-0.1, -0.05) is 0 Å². The Bertz CT molecular complexity index is 153. The van der Waals surface area contributed by atoms with E-state index in [2.05, 4.69) is 22.6 Å². The lowest BCUT2D eigenvalue weighted by Gasteiger charge is -1.85. The molecule has 2 nitrogen and oxygen atoms in total. The van der Waals surface area contributed by atoms with Crippen LogP contribution in [-0.2, 0) is 0 Å². The van der Waals surface area contributed by atoms with Gasteiger partial charge in [0.2, 0.25) is 5.28 Å². The van der Waals surface area contributed by atoms with Crippen molar-refractivity contribution in [3.05, 3.63) is 17.7 Å². The number of thiol groups is 1. The molecule has 0 saturated carbocycles. The van der Waals surface area contributed by atoms with E-state index in [1.54, 1.807) is 12.4 Å². The molecule has 8 heavy (non-hydrogen) atoms. The highest BCUT2D eigenvalue weighted by molar-refractivity contribution is 7.80. The van der Waals surface area contributed by atoms with E-state index < -0.39 is 0 Å². The molecule has 4 heteroatoms. The van der Waals surface area contributed by atoms with Crippen LogP contribution < -0.4 is 0 Å². The Hall–Kier alpha value is -0.280. The summed E-state index contributed by atoms with van der Waals surface area (Å²) in [6.45, 7) is 0. The van der Waals surface area contributed by atoms with E-state index in [9.17, 15) is 0 Å². The second-order valence-electron chi connectivity index (χ2n) is 1.21. The van der Waals surface area contributed by atoms with Crippen LogP contribution in [0.3, 0.4) is 0 Å². The Labute approximate surface area is 57.3 Å². The minimum atomic E-state index is 0.253. The number of halogens is 1. The molecular weight excluding hydrogens is 144 g/mol. The third-order valence-electron chi connectivity index (χ3n) is 0.607. The molecule has 0 aromatic carbocycles. The summed E-state index contributed by atoms with van der Waals surface area (Å²) in [4.78, 5) is 8.03. The lowest BCUT2D eigenvalue weighted by atomic mass is 10.7. The largest absolute Gasteiger partial charge is 0.225 e. The van der Waals surface area contributed by atoms with E-state index in [0.29, 0.717) is 0 Å². The van der Waals surface area contributed by atoms with Crippen molar-refractivity contribution in [1.29, 1.82) is 0 Å². The predicted octanol–water partition coefficient (Wildman–Crippen LogP) is 1.42. The lowest BCUT2D eigenvalue weighted by molar-refractivity contribution is 1.10. The van der Waals surface area contributed by atoms with Crippen LogP contribution in [0.15, 0.2) is 17.3 Å². The molecule has 0 saturated heterocycles. The van der Waals surface area contributed by atoms with Crippen molar-refractivity contribution in [1.82, 2.24) is 9.97 Å². The fraction of sp³-hybridized carbons (Fsp3) is 0. The highest BCUT2D eigenvalue weighted by atomic mass is 35.5. The molecule has 0 spiro atoms. The van der Waals surface area contributed by atoms with Crippen LogP contribution in [0.5, 0.6) is 0 Å². The van der Waals surface area contributed by atoms with Crippen molar-refractivity contribution in [2.75, 3.05) is 0 Å². The second kappa shape index (κ2) is 2.33. The summed E-state index contributed by atoms with van der Waals surface area (Å²) in [6.07, 6.45) is 3.08. The summed E-state index contributed by atoms with van der Waals surface area (Å²) in [5.74, 6) is 0. The highest BCUT2D eigenvalue weighted by Crippen LogP contribution is 2.02. The van der Waals surface area contributed by atoms with Gasteiger partial charge in [-0.2, -0.15) is 0 Å². The zero-order valence-electron chi connectivity index (χ0n) is 3.87. The molecule has 0 unspecified atom stereocenters. The zero-order chi connectivity index (χ0) is 5.98. The van der Waals surface area contributed by atoms with Crippen molar-refractivity contribution in [3.63, 3.8) is 0 Å². The van der Waals surface area contributed by atoms with Gasteiger partial charge in [-0.15, -0.1) is 12.6 Å². The quantitative estimate of drug-likeness (QED) is 0.443. The van der Waals surface area contributed by atoms with E-state index >= 15 is 0 Å². The minimum absolute atomic E-state index is 0.253. The first kappa shape index (κ1) is 5.85. The fourth-order valence-electron chi connectivity index (χ4n) is 0.305. The molecule has 1 heterocycles. The Kier molecular flexibility index (Phi) is 1.70. The topological polar surface area (TPSA) is 25.8 Å². The van der Waals surface area contributed by atoms with Crippen molar-refractivity contribution < 1.29 is 0 Å². The normalized spacial score (nSPS) is 9.25. The third kappa shape index (κ3) is 1.35. The molecule has 0 radical (unpaired) electrons. The minimum Gasteiger partial charge on any atom is -0.225 e. The molecule has 0 N–H and O–H groups in total. The Morgan fingerprint density at radius 1 is 1.38 bits per heavy atom. The number of nitrogens with zero attached hydrogens (tertiary/aromatic N) is 2. The molecule has 1 aromatic rings. The van der Waals surface area contributed by atoms with Gasteiger partial charge in [-0.25, -0.2) is 9.97 Å². The van der Waals surface area contributed by atoms with Crippen LogP contribution in [0.25, 0.3) is 0 Å². The monoisotopic (exact) mass is 146 g/mol. The second-order valence-corrected chi connectivity index (χ2v) is 2.06. The average Bonchev–Trinajstić information content (AvgIpc) is 1.77. The summed E-state index contributed by atoms with van der Waals surface area (Å²) in [6, 6.07) is 0. The van der Waals surface area contributed by atoms with Gasteiger partial charge >= 0.3 is 0 Å². The Balaban J connectivity index is 3.03. The molecule has 0 aliphatic carbocycles. The molecule has 1 rings (SSSR count). The van der Waals surface area contributed by atoms with E-state index in [4.69, 9.17) is 11.6 Å². The highest BCUT2D eigenvalue weighted by Gasteiger charge is 1.85. The van der Waals surface area contributed by atoms with Crippen molar-refractivity contribution in [2.45, 2.75) is 4.90 Å². The summed E-state index contributed by atoms with van der Waals surface area (Å²) < 4.78 is 0. The molecule has 0 bridgehead atoms. The lowest BCUT2D eigenvalue weighted by Crippen LogP contribution is -1.77. The predicted molar refractivity (Wildman–Crippen MR) is 34.3 cm³/mol. The number of rotatable bonds is 0. The van der Waals surface area contributed by atoms with Gasteiger partial charge in [0, 0.05) is 17.3 Å². The average molecular weight is 147 g/mol. The van der Waals surface area contributed by atoms with Gasteiger partial charge in [0.05, 0.1) is 0 Å². The molecule has 0 amide bonds. The summed E-state index contributed by atoms with van der Waals surface area (Å²) in [5.41, 5.74) is 0. The maximum Gasteiger partial charge on any atom is 0.222 e. The zero-order valence-corrected chi connectivity index (χ0v) is 5.52. The van der Waals surface area contributed by atoms with Crippen LogP contribution in [-0.4, -0.2) is 9.97 Å². The molecular formula is C4H3ClN2S. The van der Waals surface area contributed by atoms with E-state index in [-0.39, 0.29) is 5.28 Å². The van der Waals surface area contributed by atoms with Crippen LogP contribution in [0.4, 0.5) is 0 Å². The standard InChI is InChI=1S/C4H3ClN2S/c5-4-6-1-3(8)2-7-4/h1-2,8H. The molecule has 42 valence electrons. The smallest absolute Gasteiger partial charge is 0.222 e. The van der Waals surface area contributed by atoms with Gasteiger partial charge in [0.1, 0.15) is 0 Å². The van der Waals surface area contributed by atoms with E-state index in [1.807, 2.05) is 0 Å². The fourth-order valence-corrected chi connectivity index (χ4v) is 0.519. The van der Waals surface area contributed by atoms with Crippen molar-refractivity contribution >= 4 is 24.2 Å². The van der Waals surface area contributed by atoms with Crippen molar-refractivity contribution in [3.8, 4) is 0 Å². The van der Waals surface area contributed by atoms with Crippen LogP contribution in [0, 0.1) is 0 Å². The molecule has 1 aromatic heterocycles. The summed E-state index contributed by atoms with van der Waals surface area (Å²) >= 11 is 9.30. The molecule has 0 atom stereocenters. The van der Waals surface area contributed by atoms with Crippen LogP contribution in [0.2, 0.25) is 5.28 Å². The van der Waals surface area contributed by atoms with Gasteiger partial charge < -0.3 is 0 Å². The third-order valence-corrected chi connectivity index (χ3v) is 1.03. The maximum atomic E-state index is 5.36. The number of aromatic nitrogens is 2. The summed E-state index contributed by atoms with van der Waals surface area (Å²) in [5, 5.41) is 0.253. The molecule has 0 aliphatic rings. The molecule has 0 aliphatic heterocycles. The Morgan fingerprint density at radius 2 is 1.88 bits per heavy atom. The van der Waals surface area contributed by atoms with Gasteiger partial charge in [0.15, 0.2) is 0 Å². The number of hydrogen-bond acceptors (Lipinski definition) is 3. The first-order valence-electron chi connectivity index (χ1n) is 1.95. The summed E-state index contributed by atoms with van der Waals surface area (Å²) in [7, 11) is 0. The Morgan fingerprint density at radius 3 is 2.25 bits per heavy atom. The maximum absolute atomic E-state index is 5.36. The van der Waals surface area contributed by atoms with Crippen molar-refractivity contribution in [2.24, 2.45) is 0 Å². The first-order chi connectivity index (χ1) is 3.79. The van der Waals surface area contributed by atoms with E-state index in [1.165, 1.54) is 0 Å². The number of hydrogen-bond donors (Lipinski definition) is 1. The SMILES string of the molecule is Sc1cnc(Cl)nc1. The van der Waals surface area contributed by atoms with Crippen LogP contribution >= 0.6 is 24.2 Å². The van der Waals surface area contributed by atoms with Gasteiger partial charge in [0.25, 0.3) is 0 Å². The van der Waals surface area contributed by atoms with Gasteiger partial charge in [-0.05, 0) is 11.6 Å². The van der Waals surface area contributed by atoms with E-state index in [0.717, 1.165) is 4.90 Å². The van der Waals surface area contributed by atoms with Crippen LogP contribution in [0.1, 0.15) is 0 Å². The molecule has 0 fully saturated rings. The first-order valence-corrected chi connectivity index (χ1v) is 2.78.